The molecule has 0 aromatic carbocycles. The van der Waals surface area contributed by atoms with Gasteiger partial charge < -0.3 is 15.0 Å². The van der Waals surface area contributed by atoms with E-state index in [1.165, 1.54) is 30.9 Å². The first-order chi connectivity index (χ1) is 10.6. The third-order valence-corrected chi connectivity index (χ3v) is 3.50. The number of rotatable bonds is 4. The second-order valence-electron chi connectivity index (χ2n) is 6.41. The summed E-state index contributed by atoms with van der Waals surface area (Å²) in [5.74, 6) is -0.821. The van der Waals surface area contributed by atoms with E-state index in [1.54, 1.807) is 4.90 Å². The Bertz CT molecular complexity index is 572. The molecule has 2 amide bonds. The summed E-state index contributed by atoms with van der Waals surface area (Å²) in [7, 11) is 0. The molecule has 1 aliphatic heterocycles. The van der Waals surface area contributed by atoms with Crippen LogP contribution in [-0.4, -0.2) is 57.5 Å². The molecular formula is C15H23FN4O3. The van der Waals surface area contributed by atoms with Gasteiger partial charge in [-0.25, -0.2) is 4.39 Å². The largest absolute Gasteiger partial charge is 0.372 e. The maximum absolute atomic E-state index is 13.5. The number of carbonyl (C=O) groups is 2. The lowest BCUT2D eigenvalue weighted by Gasteiger charge is -2.35. The average Bonchev–Trinajstić information content (AvgIpc) is 2.83. The van der Waals surface area contributed by atoms with Crippen LogP contribution in [0.5, 0.6) is 0 Å². The van der Waals surface area contributed by atoms with Gasteiger partial charge in [0.1, 0.15) is 6.54 Å². The summed E-state index contributed by atoms with van der Waals surface area (Å²) in [4.78, 5) is 25.6. The summed E-state index contributed by atoms with van der Waals surface area (Å²) in [5, 5.41) is 6.45. The number of nitrogens with one attached hydrogen (secondary N) is 1. The van der Waals surface area contributed by atoms with Gasteiger partial charge in [-0.05, 0) is 27.7 Å². The van der Waals surface area contributed by atoms with E-state index in [0.717, 1.165) is 0 Å². The van der Waals surface area contributed by atoms with Crippen LogP contribution in [-0.2, 0) is 20.9 Å². The minimum atomic E-state index is -1.97. The fraction of sp³-hybridized carbons (Fsp3) is 0.667. The molecule has 1 fully saturated rings. The number of halogens is 1. The number of hydrogen-bond acceptors (Lipinski definition) is 4. The summed E-state index contributed by atoms with van der Waals surface area (Å²) in [6, 6.07) is 0. The van der Waals surface area contributed by atoms with Gasteiger partial charge >= 0.3 is 0 Å². The molecule has 2 atom stereocenters. The Morgan fingerprint density at radius 3 is 2.57 bits per heavy atom. The van der Waals surface area contributed by atoms with Gasteiger partial charge in [0, 0.05) is 19.3 Å². The third-order valence-electron chi connectivity index (χ3n) is 3.50. The lowest BCUT2D eigenvalue weighted by atomic mass is 10.1. The van der Waals surface area contributed by atoms with E-state index in [-0.39, 0.29) is 24.7 Å². The molecule has 1 N–H and O–H groups in total. The highest BCUT2D eigenvalue weighted by atomic mass is 19.1. The van der Waals surface area contributed by atoms with Gasteiger partial charge in [-0.2, -0.15) is 5.10 Å². The molecule has 0 radical (unpaired) electrons. The Morgan fingerprint density at radius 1 is 1.39 bits per heavy atom. The number of ether oxygens (including phenoxy) is 1. The monoisotopic (exact) mass is 326 g/mol. The predicted molar refractivity (Wildman–Crippen MR) is 82.6 cm³/mol. The van der Waals surface area contributed by atoms with Crippen molar-refractivity contribution in [3.05, 3.63) is 12.4 Å². The quantitative estimate of drug-likeness (QED) is 0.902. The summed E-state index contributed by atoms with van der Waals surface area (Å²) in [6.07, 6.45) is 2.90. The fourth-order valence-electron chi connectivity index (χ4n) is 2.41. The van der Waals surface area contributed by atoms with E-state index < -0.39 is 11.6 Å². The molecule has 23 heavy (non-hydrogen) atoms. The van der Waals surface area contributed by atoms with Gasteiger partial charge in [-0.1, -0.05) is 0 Å². The molecule has 0 bridgehead atoms. The van der Waals surface area contributed by atoms with Crippen molar-refractivity contribution < 1.29 is 18.7 Å². The highest BCUT2D eigenvalue weighted by Crippen LogP contribution is 2.14. The smallest absolute Gasteiger partial charge is 0.261 e. The van der Waals surface area contributed by atoms with E-state index in [9.17, 15) is 14.0 Å². The summed E-state index contributed by atoms with van der Waals surface area (Å²) < 4.78 is 20.5. The molecule has 2 rings (SSSR count). The molecule has 1 aromatic rings. The number of anilines is 1. The minimum Gasteiger partial charge on any atom is -0.372 e. The number of carbonyl (C=O) groups excluding carboxylic acids is 2. The fourth-order valence-corrected chi connectivity index (χ4v) is 2.41. The molecule has 1 aromatic heterocycles. The number of aromatic nitrogens is 2. The number of hydrogen-bond donors (Lipinski definition) is 1. The normalized spacial score (nSPS) is 22.0. The zero-order valence-electron chi connectivity index (χ0n) is 13.9. The summed E-state index contributed by atoms with van der Waals surface area (Å²) >= 11 is 0. The van der Waals surface area contributed by atoms with Crippen molar-refractivity contribution in [3.8, 4) is 0 Å². The van der Waals surface area contributed by atoms with Crippen molar-refractivity contribution in [2.45, 2.75) is 52.1 Å². The Balaban J connectivity index is 1.93. The molecule has 2 heterocycles. The zero-order chi connectivity index (χ0) is 17.2. The zero-order valence-corrected chi connectivity index (χ0v) is 13.9. The van der Waals surface area contributed by atoms with E-state index in [1.807, 2.05) is 13.8 Å². The Labute approximate surface area is 134 Å². The maximum Gasteiger partial charge on any atom is 0.261 e. The molecule has 128 valence electrons. The highest BCUT2D eigenvalue weighted by Gasteiger charge is 2.28. The molecular weight excluding hydrogens is 303 g/mol. The van der Waals surface area contributed by atoms with Crippen LogP contribution in [0.2, 0.25) is 0 Å². The molecule has 0 unspecified atom stereocenters. The van der Waals surface area contributed by atoms with E-state index >= 15 is 0 Å². The lowest BCUT2D eigenvalue weighted by Crippen LogP contribution is -2.49. The van der Waals surface area contributed by atoms with Crippen molar-refractivity contribution >= 4 is 17.5 Å². The SMILES string of the molecule is C[C@@H]1CN(C(=O)Cn2cc(NC(=O)C(C)(C)F)cn2)C[C@@H](C)O1. The highest BCUT2D eigenvalue weighted by molar-refractivity contribution is 5.96. The second-order valence-corrected chi connectivity index (χ2v) is 6.41. The van der Waals surface area contributed by atoms with Gasteiger partial charge in [-0.3, -0.25) is 14.3 Å². The van der Waals surface area contributed by atoms with Crippen LogP contribution in [0, 0.1) is 0 Å². The van der Waals surface area contributed by atoms with Gasteiger partial charge in [0.05, 0.1) is 24.1 Å². The first kappa shape index (κ1) is 17.4. The van der Waals surface area contributed by atoms with Crippen LogP contribution in [0.3, 0.4) is 0 Å². The predicted octanol–water partition coefficient (Wildman–Crippen LogP) is 1.21. The average molecular weight is 326 g/mol. The summed E-state index contributed by atoms with van der Waals surface area (Å²) in [6.45, 7) is 7.36. The molecule has 0 aliphatic carbocycles. The van der Waals surface area contributed by atoms with E-state index in [4.69, 9.17) is 4.74 Å². The van der Waals surface area contributed by atoms with Crippen LogP contribution in [0.1, 0.15) is 27.7 Å². The van der Waals surface area contributed by atoms with Crippen molar-refractivity contribution in [2.75, 3.05) is 18.4 Å². The first-order valence-electron chi connectivity index (χ1n) is 7.61. The van der Waals surface area contributed by atoms with E-state index in [0.29, 0.717) is 18.8 Å². The Morgan fingerprint density at radius 2 is 2.00 bits per heavy atom. The maximum atomic E-state index is 13.5. The van der Waals surface area contributed by atoms with Gasteiger partial charge in [0.25, 0.3) is 5.91 Å². The number of morpholine rings is 1. The second kappa shape index (κ2) is 6.66. The molecule has 1 saturated heterocycles. The van der Waals surface area contributed by atoms with Gasteiger partial charge in [0.2, 0.25) is 5.91 Å². The van der Waals surface area contributed by atoms with Crippen LogP contribution >= 0.6 is 0 Å². The minimum absolute atomic E-state index is 0.00181. The number of nitrogens with zero attached hydrogens (tertiary/aromatic N) is 3. The Hall–Kier alpha value is -1.96. The van der Waals surface area contributed by atoms with Crippen LogP contribution in [0.25, 0.3) is 0 Å². The standard InChI is InChI=1S/C15H23FN4O3/c1-10-6-19(7-11(2)23-10)13(21)9-20-8-12(5-17-20)18-14(22)15(3,4)16/h5,8,10-11H,6-7,9H2,1-4H3,(H,18,22)/t10-,11-/m1/s1. The molecule has 0 spiro atoms. The topological polar surface area (TPSA) is 76.5 Å². The molecule has 8 heteroatoms. The molecule has 0 saturated carbocycles. The van der Waals surface area contributed by atoms with Crippen molar-refractivity contribution in [2.24, 2.45) is 0 Å². The van der Waals surface area contributed by atoms with Crippen molar-refractivity contribution in [1.82, 2.24) is 14.7 Å². The van der Waals surface area contributed by atoms with Crippen LogP contribution < -0.4 is 5.32 Å². The van der Waals surface area contributed by atoms with Crippen LogP contribution in [0.4, 0.5) is 10.1 Å². The lowest BCUT2D eigenvalue weighted by molar-refractivity contribution is -0.144. The number of alkyl halides is 1. The van der Waals surface area contributed by atoms with Crippen molar-refractivity contribution in [1.29, 1.82) is 0 Å². The first-order valence-corrected chi connectivity index (χ1v) is 7.61. The van der Waals surface area contributed by atoms with Crippen LogP contribution in [0.15, 0.2) is 12.4 Å². The Kier molecular flexibility index (Phi) is 5.03. The molecule has 1 aliphatic rings. The van der Waals surface area contributed by atoms with Crippen molar-refractivity contribution in [3.63, 3.8) is 0 Å². The number of amides is 2. The third kappa shape index (κ3) is 4.75. The summed E-state index contributed by atoms with van der Waals surface area (Å²) in [5.41, 5.74) is -1.62. The molecule has 7 nitrogen and oxygen atoms in total. The van der Waals surface area contributed by atoms with Gasteiger partial charge in [0.15, 0.2) is 5.67 Å². The van der Waals surface area contributed by atoms with E-state index in [2.05, 4.69) is 10.4 Å². The van der Waals surface area contributed by atoms with Gasteiger partial charge in [-0.15, -0.1) is 0 Å².